The van der Waals surface area contributed by atoms with E-state index in [2.05, 4.69) is 52.6 Å². The zero-order chi connectivity index (χ0) is 10.9. The lowest BCUT2D eigenvalue weighted by atomic mass is 11.8. The molecule has 0 aromatic carbocycles. The van der Waals surface area contributed by atoms with E-state index in [-0.39, 0.29) is 0 Å². The van der Waals surface area contributed by atoms with Crippen LogP contribution < -0.4 is 0 Å². The van der Waals surface area contributed by atoms with E-state index < -0.39 is 23.7 Å². The molecule has 0 aromatic rings. The summed E-state index contributed by atoms with van der Waals surface area (Å²) in [6, 6.07) is 0. The van der Waals surface area contributed by atoms with Crippen molar-refractivity contribution in [3.63, 3.8) is 0 Å². The van der Waals surface area contributed by atoms with Gasteiger partial charge in [-0.3, -0.25) is 0 Å². The maximum Gasteiger partial charge on any atom is 0.167 e. The first-order valence-electron chi connectivity index (χ1n) is 4.74. The van der Waals surface area contributed by atoms with Crippen molar-refractivity contribution in [2.75, 3.05) is 13.3 Å². The monoisotopic (exact) mass is 235 g/mol. The molecule has 0 aromatic heterocycles. The predicted molar refractivity (Wildman–Crippen MR) is 71.2 cm³/mol. The van der Waals surface area contributed by atoms with Crippen LogP contribution in [0, 0.1) is 0 Å². The fourth-order valence-corrected chi connectivity index (χ4v) is 13.8. The van der Waals surface area contributed by atoms with Gasteiger partial charge in [-0.05, 0) is 13.3 Å². The van der Waals surface area contributed by atoms with E-state index in [4.69, 9.17) is 9.16 Å². The van der Waals surface area contributed by atoms with Gasteiger partial charge in [0, 0.05) is 0 Å². The van der Waals surface area contributed by atoms with Crippen molar-refractivity contribution in [2.45, 2.75) is 39.3 Å². The molecule has 0 saturated heterocycles. The molecule has 0 aliphatic rings. The average molecular weight is 235 g/mol. The van der Waals surface area contributed by atoms with Gasteiger partial charge >= 0.3 is 0 Å². The molecule has 13 heavy (non-hydrogen) atoms. The van der Waals surface area contributed by atoms with E-state index in [1.165, 1.54) is 0 Å². The zero-order valence-electron chi connectivity index (χ0n) is 10.3. The Balaban J connectivity index is 4.68. The van der Waals surface area contributed by atoms with Crippen LogP contribution in [0.25, 0.3) is 4.75 Å². The molecule has 0 fully saturated rings. The molecule has 0 heterocycles. The normalized spacial score (nSPS) is 14.5. The van der Waals surface area contributed by atoms with Gasteiger partial charge in [-0.2, -0.15) is 0 Å². The van der Waals surface area contributed by atoms with Crippen LogP contribution in [0.5, 0.6) is 0 Å². The summed E-state index contributed by atoms with van der Waals surface area (Å²) < 4.78 is 9.89. The third-order valence-corrected chi connectivity index (χ3v) is 9.80. The summed E-state index contributed by atoms with van der Waals surface area (Å²) in [7, 11) is -3.89. The van der Waals surface area contributed by atoms with Crippen molar-refractivity contribution in [1.82, 2.24) is 0 Å². The third kappa shape index (κ3) is 8.94. The zero-order valence-corrected chi connectivity index (χ0v) is 13.2. The van der Waals surface area contributed by atoms with Crippen LogP contribution in [0.2, 0.25) is 39.3 Å². The van der Waals surface area contributed by atoms with Crippen LogP contribution >= 0.6 is 7.21 Å². The van der Waals surface area contributed by atoms with Gasteiger partial charge in [-0.15, -0.1) is 7.21 Å². The van der Waals surface area contributed by atoms with E-state index in [9.17, 15) is 0 Å². The van der Waals surface area contributed by atoms with Gasteiger partial charge in [0.2, 0.25) is 0 Å². The van der Waals surface area contributed by atoms with Gasteiger partial charge in [-0.1, -0.05) is 47.5 Å². The first-order chi connectivity index (χ1) is 5.41. The van der Waals surface area contributed by atoms with Gasteiger partial charge in [-0.25, -0.2) is 0 Å². The topological polar surface area (TPSA) is 26.5 Å². The maximum absolute atomic E-state index is 4.94. The molecule has 0 bridgehead atoms. The Morgan fingerprint density at radius 1 is 0.923 bits per heavy atom. The molecule has 0 rings (SSSR count). The number of hydrogen-bond acceptors (Lipinski definition) is 1. The second-order valence-electron chi connectivity index (χ2n) is 5.88. The van der Waals surface area contributed by atoms with Crippen molar-refractivity contribution < 1.29 is 0 Å². The SMILES string of the molecule is C[Si](C)(C)N=P(C)(C)[N-][Si](C)(C)C. The molecule has 0 amide bonds. The van der Waals surface area contributed by atoms with Crippen molar-refractivity contribution >= 4 is 23.7 Å². The van der Waals surface area contributed by atoms with Crippen LogP contribution in [0.3, 0.4) is 0 Å². The second-order valence-corrected chi connectivity index (χ2v) is 18.8. The first kappa shape index (κ1) is 13.6. The largest absolute Gasteiger partial charge is 0.625 e. The maximum atomic E-state index is 4.94. The average Bonchev–Trinajstić information content (AvgIpc) is 1.43. The highest BCUT2D eigenvalue weighted by Crippen LogP contribution is 2.52. The Kier molecular flexibility index (Phi) is 4.20. The molecule has 0 saturated carbocycles. The first-order valence-corrected chi connectivity index (χ1v) is 14.2. The molecule has 5 heteroatoms. The fourth-order valence-electron chi connectivity index (χ4n) is 1.49. The standard InChI is InChI=1S/C8H24N2PSi2/c1-11(2,9-12(3,4)5)10-13(6,7)8/h1-8H3/q-1. The predicted octanol–water partition coefficient (Wildman–Crippen LogP) is 4.41. The Bertz CT molecular complexity index is 219. The Hall–Kier alpha value is 0.624. The summed E-state index contributed by atoms with van der Waals surface area (Å²) in [6.45, 7) is 18.2. The van der Waals surface area contributed by atoms with Gasteiger partial charge in [0.25, 0.3) is 0 Å². The van der Waals surface area contributed by atoms with Crippen LogP contribution in [-0.2, 0) is 0 Å². The van der Waals surface area contributed by atoms with Crippen LogP contribution in [0.15, 0.2) is 4.41 Å². The lowest BCUT2D eigenvalue weighted by Crippen LogP contribution is -2.20. The van der Waals surface area contributed by atoms with Crippen LogP contribution in [0.4, 0.5) is 0 Å². The quantitative estimate of drug-likeness (QED) is 0.512. The van der Waals surface area contributed by atoms with E-state index >= 15 is 0 Å². The highest BCUT2D eigenvalue weighted by molar-refractivity contribution is 7.71. The van der Waals surface area contributed by atoms with Crippen molar-refractivity contribution in [3.8, 4) is 0 Å². The summed E-state index contributed by atoms with van der Waals surface area (Å²) >= 11 is 0. The van der Waals surface area contributed by atoms with E-state index in [0.717, 1.165) is 0 Å². The lowest BCUT2D eigenvalue weighted by Gasteiger charge is -2.44. The Morgan fingerprint density at radius 3 is 1.54 bits per heavy atom. The van der Waals surface area contributed by atoms with E-state index in [1.54, 1.807) is 0 Å². The molecule has 80 valence electrons. The fraction of sp³-hybridized carbons (Fsp3) is 1.00. The summed E-state index contributed by atoms with van der Waals surface area (Å²) in [5.74, 6) is 0. The molecular formula is C8H24N2PSi2-. The Morgan fingerprint density at radius 2 is 1.31 bits per heavy atom. The summed E-state index contributed by atoms with van der Waals surface area (Å²) in [4.78, 5) is 0. The van der Waals surface area contributed by atoms with Gasteiger partial charge in [0.15, 0.2) is 8.24 Å². The highest BCUT2D eigenvalue weighted by Gasteiger charge is 2.13. The van der Waals surface area contributed by atoms with Gasteiger partial charge in [0.05, 0.1) is 0 Å². The number of rotatable bonds is 3. The molecular weight excluding hydrogens is 211 g/mol. The summed E-state index contributed by atoms with van der Waals surface area (Å²) in [5, 5.41) is 0. The van der Waals surface area contributed by atoms with Crippen LogP contribution in [0.1, 0.15) is 0 Å². The molecule has 0 aliphatic carbocycles. The minimum atomic E-state index is -1.31. The molecule has 2 nitrogen and oxygen atoms in total. The second kappa shape index (κ2) is 4.01. The van der Waals surface area contributed by atoms with Crippen molar-refractivity contribution in [3.05, 3.63) is 4.75 Å². The van der Waals surface area contributed by atoms with Gasteiger partial charge in [0.1, 0.15) is 0 Å². The molecule has 0 radical (unpaired) electrons. The van der Waals surface area contributed by atoms with Crippen molar-refractivity contribution in [1.29, 1.82) is 0 Å². The van der Waals surface area contributed by atoms with Crippen molar-refractivity contribution in [2.24, 2.45) is 4.41 Å². The number of hydrogen-bond donors (Lipinski definition) is 0. The minimum absolute atomic E-state index is 1.29. The highest BCUT2D eigenvalue weighted by atomic mass is 31.2. The van der Waals surface area contributed by atoms with Gasteiger partial charge < -0.3 is 9.16 Å². The molecule has 0 spiro atoms. The van der Waals surface area contributed by atoms with Crippen LogP contribution in [-0.4, -0.2) is 29.8 Å². The summed E-state index contributed by atoms with van der Waals surface area (Å²) in [5.41, 5.74) is 0. The molecule has 0 aliphatic heterocycles. The Labute approximate surface area is 85.8 Å². The molecule has 0 unspecified atom stereocenters. The number of nitrogens with zero attached hydrogens (tertiary/aromatic N) is 2. The van der Waals surface area contributed by atoms with E-state index in [1.807, 2.05) is 0 Å². The minimum Gasteiger partial charge on any atom is -0.625 e. The summed E-state index contributed by atoms with van der Waals surface area (Å²) in [6.07, 6.45) is 0. The smallest absolute Gasteiger partial charge is 0.167 e. The third-order valence-electron chi connectivity index (χ3n) is 1.09. The molecule has 0 atom stereocenters. The van der Waals surface area contributed by atoms with E-state index in [0.29, 0.717) is 0 Å². The lowest BCUT2D eigenvalue weighted by molar-refractivity contribution is 1.58. The molecule has 0 N–H and O–H groups in total.